The number of halogens is 1. The highest BCUT2D eigenvalue weighted by atomic mass is 35.5. The van der Waals surface area contributed by atoms with E-state index in [0.29, 0.717) is 12.1 Å². The van der Waals surface area contributed by atoms with Crippen LogP contribution in [-0.4, -0.2) is 0 Å². The van der Waals surface area contributed by atoms with Gasteiger partial charge in [0, 0.05) is 12.1 Å². The number of nitrogens with one attached hydrogen (secondary N) is 1. The molecule has 0 saturated carbocycles. The van der Waals surface area contributed by atoms with E-state index in [2.05, 4.69) is 29.6 Å². The van der Waals surface area contributed by atoms with Crippen LogP contribution in [0.2, 0.25) is 0 Å². The summed E-state index contributed by atoms with van der Waals surface area (Å²) in [4.78, 5) is 0. The van der Waals surface area contributed by atoms with Crippen LogP contribution in [-0.2, 0) is 0 Å². The fraction of sp³-hybridized carbons (Fsp3) is 0.400. The molecule has 64 valence electrons. The Labute approximate surface area is 78.6 Å². The molecule has 1 aromatic rings. The highest BCUT2D eigenvalue weighted by Gasteiger charge is 2.35. The van der Waals surface area contributed by atoms with E-state index in [9.17, 15) is 0 Å². The molecule has 0 aliphatic carbocycles. The molecule has 0 spiro atoms. The zero-order valence-electron chi connectivity index (χ0n) is 6.79. The molecule has 0 radical (unpaired) electrons. The highest BCUT2D eigenvalue weighted by molar-refractivity contribution is 5.85. The van der Waals surface area contributed by atoms with Crippen molar-refractivity contribution in [2.45, 2.75) is 24.9 Å². The summed E-state index contributed by atoms with van der Waals surface area (Å²) in [5.41, 5.74) is 3.09. The van der Waals surface area contributed by atoms with Gasteiger partial charge in [-0.3, -0.25) is 0 Å². The largest absolute Gasteiger partial charge is 0.303 e. The van der Waals surface area contributed by atoms with Gasteiger partial charge in [0.05, 0.1) is 0 Å². The van der Waals surface area contributed by atoms with Crippen molar-refractivity contribution in [1.82, 2.24) is 5.32 Å². The Morgan fingerprint density at radius 1 is 1.00 bits per heavy atom. The van der Waals surface area contributed by atoms with Gasteiger partial charge in [-0.1, -0.05) is 24.3 Å². The van der Waals surface area contributed by atoms with E-state index in [1.165, 1.54) is 12.8 Å². The predicted octanol–water partition coefficient (Wildman–Crippen LogP) is 2.59. The topological polar surface area (TPSA) is 12.0 Å². The van der Waals surface area contributed by atoms with Gasteiger partial charge in [-0.15, -0.1) is 12.4 Å². The average Bonchev–Trinajstić information content (AvgIpc) is 2.64. The maximum atomic E-state index is 3.59. The minimum Gasteiger partial charge on any atom is -0.303 e. The molecule has 2 aliphatic rings. The monoisotopic (exact) mass is 181 g/mol. The molecule has 2 heterocycles. The van der Waals surface area contributed by atoms with Gasteiger partial charge in [0.1, 0.15) is 0 Å². The summed E-state index contributed by atoms with van der Waals surface area (Å²) in [7, 11) is 0. The maximum absolute atomic E-state index is 3.59. The lowest BCUT2D eigenvalue weighted by Gasteiger charge is -2.11. The van der Waals surface area contributed by atoms with E-state index in [-0.39, 0.29) is 12.4 Å². The first kappa shape index (κ1) is 8.09. The third kappa shape index (κ3) is 0.900. The molecule has 0 aromatic heterocycles. The Kier molecular flexibility index (Phi) is 1.85. The minimum atomic E-state index is 0. The van der Waals surface area contributed by atoms with Crippen molar-refractivity contribution in [2.75, 3.05) is 0 Å². The van der Waals surface area contributed by atoms with Crippen LogP contribution in [0.4, 0.5) is 0 Å². The molecule has 1 N–H and O–H groups in total. The van der Waals surface area contributed by atoms with Gasteiger partial charge in [0.15, 0.2) is 0 Å². The third-order valence-electron chi connectivity index (χ3n) is 2.89. The van der Waals surface area contributed by atoms with Gasteiger partial charge < -0.3 is 5.32 Å². The molecule has 2 unspecified atom stereocenters. The molecule has 3 rings (SSSR count). The molecular weight excluding hydrogens is 170 g/mol. The van der Waals surface area contributed by atoms with Crippen LogP contribution in [0.15, 0.2) is 24.3 Å². The maximum Gasteiger partial charge on any atom is 0.0329 e. The van der Waals surface area contributed by atoms with Crippen molar-refractivity contribution in [3.63, 3.8) is 0 Å². The zero-order chi connectivity index (χ0) is 7.26. The van der Waals surface area contributed by atoms with E-state index in [1.54, 1.807) is 11.1 Å². The van der Waals surface area contributed by atoms with Crippen LogP contribution in [0.1, 0.15) is 36.1 Å². The van der Waals surface area contributed by atoms with Gasteiger partial charge in [-0.25, -0.2) is 0 Å². The molecule has 2 bridgehead atoms. The lowest BCUT2D eigenvalue weighted by molar-refractivity contribution is 0.639. The number of benzene rings is 1. The summed E-state index contributed by atoms with van der Waals surface area (Å²) in [5, 5.41) is 3.59. The molecule has 1 nitrogen and oxygen atoms in total. The minimum absolute atomic E-state index is 0. The van der Waals surface area contributed by atoms with Gasteiger partial charge in [-0.2, -0.15) is 0 Å². The Bertz CT molecular complexity index is 269. The number of fused-ring (bicyclic) bond motifs is 5. The van der Waals surface area contributed by atoms with Crippen molar-refractivity contribution < 1.29 is 0 Å². The fourth-order valence-electron chi connectivity index (χ4n) is 2.38. The Balaban J connectivity index is 0.000000563. The summed E-state index contributed by atoms with van der Waals surface area (Å²) >= 11 is 0. The first-order valence-electron chi connectivity index (χ1n) is 4.30. The fourth-order valence-corrected chi connectivity index (χ4v) is 2.38. The first-order valence-corrected chi connectivity index (χ1v) is 4.30. The van der Waals surface area contributed by atoms with Crippen LogP contribution >= 0.6 is 12.4 Å². The first-order chi connectivity index (χ1) is 5.45. The lowest BCUT2D eigenvalue weighted by atomic mass is 9.92. The molecule has 2 heteroatoms. The Hall–Kier alpha value is -0.530. The number of rotatable bonds is 0. The average molecular weight is 182 g/mol. The molecule has 1 fully saturated rings. The predicted molar refractivity (Wildman–Crippen MR) is 51.5 cm³/mol. The molecule has 1 aromatic carbocycles. The van der Waals surface area contributed by atoms with Gasteiger partial charge in [0.2, 0.25) is 0 Å². The van der Waals surface area contributed by atoms with Gasteiger partial charge >= 0.3 is 0 Å². The molecule has 2 atom stereocenters. The van der Waals surface area contributed by atoms with Crippen LogP contribution in [0.5, 0.6) is 0 Å². The van der Waals surface area contributed by atoms with Crippen molar-refractivity contribution >= 4 is 12.4 Å². The SMILES string of the molecule is Cl.c1ccc2c(c1)C1CCC2N1. The smallest absolute Gasteiger partial charge is 0.0329 e. The number of hydrogen-bond acceptors (Lipinski definition) is 1. The second-order valence-corrected chi connectivity index (χ2v) is 3.48. The second-order valence-electron chi connectivity index (χ2n) is 3.48. The van der Waals surface area contributed by atoms with E-state index < -0.39 is 0 Å². The van der Waals surface area contributed by atoms with E-state index in [0.717, 1.165) is 0 Å². The normalized spacial score (nSPS) is 29.7. The summed E-state index contributed by atoms with van der Waals surface area (Å²) in [6.45, 7) is 0. The van der Waals surface area contributed by atoms with Crippen molar-refractivity contribution in [2.24, 2.45) is 0 Å². The van der Waals surface area contributed by atoms with E-state index >= 15 is 0 Å². The standard InChI is InChI=1S/C10H11N.ClH/c1-2-4-8-7(3-1)9-5-6-10(8)11-9;/h1-4,9-11H,5-6H2;1H. The van der Waals surface area contributed by atoms with Crippen molar-refractivity contribution in [3.05, 3.63) is 35.4 Å². The molecular formula is C10H12ClN. The highest BCUT2D eigenvalue weighted by Crippen LogP contribution is 2.44. The van der Waals surface area contributed by atoms with Crippen LogP contribution in [0.3, 0.4) is 0 Å². The van der Waals surface area contributed by atoms with Crippen LogP contribution in [0, 0.1) is 0 Å². The summed E-state index contributed by atoms with van der Waals surface area (Å²) < 4.78 is 0. The zero-order valence-corrected chi connectivity index (χ0v) is 7.60. The van der Waals surface area contributed by atoms with Crippen molar-refractivity contribution in [1.29, 1.82) is 0 Å². The van der Waals surface area contributed by atoms with Crippen LogP contribution < -0.4 is 5.32 Å². The second kappa shape index (κ2) is 2.75. The van der Waals surface area contributed by atoms with E-state index in [1.807, 2.05) is 0 Å². The quantitative estimate of drug-likeness (QED) is 0.649. The summed E-state index contributed by atoms with van der Waals surface area (Å²) in [5.74, 6) is 0. The number of hydrogen-bond donors (Lipinski definition) is 1. The van der Waals surface area contributed by atoms with Gasteiger partial charge in [0.25, 0.3) is 0 Å². The Morgan fingerprint density at radius 2 is 1.50 bits per heavy atom. The molecule has 12 heavy (non-hydrogen) atoms. The molecule has 0 amide bonds. The molecule has 1 saturated heterocycles. The van der Waals surface area contributed by atoms with Gasteiger partial charge in [-0.05, 0) is 24.0 Å². The summed E-state index contributed by atoms with van der Waals surface area (Å²) in [6.07, 6.45) is 2.67. The summed E-state index contributed by atoms with van der Waals surface area (Å²) in [6, 6.07) is 10.1. The van der Waals surface area contributed by atoms with Crippen LogP contribution in [0.25, 0.3) is 0 Å². The third-order valence-corrected chi connectivity index (χ3v) is 2.89. The van der Waals surface area contributed by atoms with E-state index in [4.69, 9.17) is 0 Å². The van der Waals surface area contributed by atoms with Crippen molar-refractivity contribution in [3.8, 4) is 0 Å². The Morgan fingerprint density at radius 3 is 2.00 bits per heavy atom. The molecule has 2 aliphatic heterocycles. The lowest BCUT2D eigenvalue weighted by Crippen LogP contribution is -2.05.